The molecule has 0 fully saturated rings. The average molecular weight is 147 g/mol. The first-order chi connectivity index (χ1) is 4.13. The number of aliphatic hydroxyl groups excluding tert-OH is 1. The normalized spacial score (nSPS) is 41.4. The second-order valence-electron chi connectivity index (χ2n) is 1.92. The number of allylic oxidation sites excluding steroid dienone is 2. The highest BCUT2D eigenvalue weighted by molar-refractivity contribution is 6.24. The smallest absolute Gasteiger partial charge is 0.187 e. The van der Waals surface area contributed by atoms with Gasteiger partial charge in [-0.25, -0.2) is 0 Å². The Hall–Kier alpha value is -0.310. The molecule has 0 saturated carbocycles. The lowest BCUT2D eigenvalue weighted by atomic mass is 10.1. The van der Waals surface area contributed by atoms with Crippen LogP contribution in [0.3, 0.4) is 0 Å². The summed E-state index contributed by atoms with van der Waals surface area (Å²) in [5.41, 5.74) is 0. The molecule has 1 rings (SSSR count). The van der Waals surface area contributed by atoms with Crippen LogP contribution in [0.25, 0.3) is 0 Å². The number of alkyl halides is 1. The van der Waals surface area contributed by atoms with Crippen LogP contribution in [0.1, 0.15) is 0 Å². The fourth-order valence-electron chi connectivity index (χ4n) is 0.593. The number of rotatable bonds is 0. The molecule has 2 atom stereocenters. The first-order valence-electron chi connectivity index (χ1n) is 2.58. The monoisotopic (exact) mass is 146 g/mol. The molecule has 2 nitrogen and oxygen atoms in total. The Kier molecular flexibility index (Phi) is 1.62. The third kappa shape index (κ3) is 1.33. The number of aliphatic hydroxyl groups is 2. The molecule has 0 heterocycles. The molecule has 0 aromatic carbocycles. The zero-order chi connectivity index (χ0) is 6.91. The van der Waals surface area contributed by atoms with Crippen molar-refractivity contribution < 1.29 is 10.2 Å². The second-order valence-corrected chi connectivity index (χ2v) is 2.52. The van der Waals surface area contributed by atoms with Gasteiger partial charge in [0.2, 0.25) is 0 Å². The predicted molar refractivity (Wildman–Crippen MR) is 35.1 cm³/mol. The first kappa shape index (κ1) is 6.81. The largest absolute Gasteiger partial charge is 0.384 e. The van der Waals surface area contributed by atoms with Crippen molar-refractivity contribution in [2.24, 2.45) is 0 Å². The van der Waals surface area contributed by atoms with Crippen molar-refractivity contribution in [2.45, 2.75) is 11.2 Å². The summed E-state index contributed by atoms with van der Waals surface area (Å²) in [5, 5.41) is 16.3. The summed E-state index contributed by atoms with van der Waals surface area (Å²) in [6.45, 7) is 0. The minimum atomic E-state index is -1.60. The van der Waals surface area contributed by atoms with Gasteiger partial charge in [-0.05, 0) is 6.08 Å². The van der Waals surface area contributed by atoms with E-state index < -0.39 is 11.2 Å². The maximum atomic E-state index is 9.02. The second kappa shape index (κ2) is 2.14. The average Bonchev–Trinajstić information content (AvgIpc) is 1.77. The minimum Gasteiger partial charge on any atom is -0.384 e. The molecule has 0 bridgehead atoms. The lowest BCUT2D eigenvalue weighted by Gasteiger charge is -2.22. The molecule has 0 aromatic heterocycles. The van der Waals surface area contributed by atoms with Gasteiger partial charge in [-0.1, -0.05) is 29.8 Å². The van der Waals surface area contributed by atoms with E-state index in [1.54, 1.807) is 12.2 Å². The minimum absolute atomic E-state index is 0.996. The zero-order valence-electron chi connectivity index (χ0n) is 4.66. The van der Waals surface area contributed by atoms with E-state index in [9.17, 15) is 0 Å². The predicted octanol–water partition coefficient (Wildman–Crippen LogP) is 0.401. The quantitative estimate of drug-likeness (QED) is 0.486. The maximum absolute atomic E-state index is 9.02. The summed E-state index contributed by atoms with van der Waals surface area (Å²) in [6, 6.07) is 0. The van der Waals surface area contributed by atoms with E-state index in [1.807, 2.05) is 0 Å². The summed E-state index contributed by atoms with van der Waals surface area (Å²) in [7, 11) is 0. The van der Waals surface area contributed by atoms with Crippen LogP contribution in [0.5, 0.6) is 0 Å². The molecular weight excluding hydrogens is 140 g/mol. The van der Waals surface area contributed by atoms with Gasteiger partial charge in [0.25, 0.3) is 0 Å². The highest BCUT2D eigenvalue weighted by Gasteiger charge is 2.29. The van der Waals surface area contributed by atoms with Crippen molar-refractivity contribution in [3.05, 3.63) is 24.3 Å². The van der Waals surface area contributed by atoms with Crippen molar-refractivity contribution in [3.8, 4) is 0 Å². The fraction of sp³-hybridized carbons (Fsp3) is 0.333. The summed E-state index contributed by atoms with van der Waals surface area (Å²) >= 11 is 5.39. The maximum Gasteiger partial charge on any atom is 0.187 e. The Morgan fingerprint density at radius 1 is 1.44 bits per heavy atom. The molecule has 0 aliphatic heterocycles. The van der Waals surface area contributed by atoms with E-state index in [1.165, 1.54) is 12.2 Å². The summed E-state index contributed by atoms with van der Waals surface area (Å²) in [4.78, 5) is 0. The standard InChI is InChI=1S/C6H7ClO2/c7-6(9)4-2-1-3-5(6)8/h1-5,8-9H. The van der Waals surface area contributed by atoms with Gasteiger partial charge in [0.05, 0.1) is 0 Å². The van der Waals surface area contributed by atoms with Crippen LogP contribution in [0.2, 0.25) is 0 Å². The molecule has 2 N–H and O–H groups in total. The van der Waals surface area contributed by atoms with Crippen LogP contribution in [-0.4, -0.2) is 21.4 Å². The summed E-state index contributed by atoms with van der Waals surface area (Å²) in [5.74, 6) is 0. The number of hydrogen-bond acceptors (Lipinski definition) is 2. The number of hydrogen-bond donors (Lipinski definition) is 2. The van der Waals surface area contributed by atoms with Gasteiger partial charge in [-0.2, -0.15) is 0 Å². The van der Waals surface area contributed by atoms with Crippen LogP contribution >= 0.6 is 11.6 Å². The van der Waals surface area contributed by atoms with Crippen LogP contribution < -0.4 is 0 Å². The van der Waals surface area contributed by atoms with Crippen molar-refractivity contribution in [2.75, 3.05) is 0 Å². The van der Waals surface area contributed by atoms with Crippen molar-refractivity contribution in [1.82, 2.24) is 0 Å². The first-order valence-corrected chi connectivity index (χ1v) is 2.96. The van der Waals surface area contributed by atoms with Crippen molar-refractivity contribution in [1.29, 1.82) is 0 Å². The fourth-order valence-corrected chi connectivity index (χ4v) is 0.739. The lowest BCUT2D eigenvalue weighted by molar-refractivity contribution is 0.0478. The highest BCUT2D eigenvalue weighted by Crippen LogP contribution is 2.21. The molecule has 0 spiro atoms. The topological polar surface area (TPSA) is 40.5 Å². The van der Waals surface area contributed by atoms with Gasteiger partial charge in [-0.3, -0.25) is 0 Å². The van der Waals surface area contributed by atoms with Crippen LogP contribution in [0, 0.1) is 0 Å². The Morgan fingerprint density at radius 3 is 2.44 bits per heavy atom. The van der Waals surface area contributed by atoms with Gasteiger partial charge in [-0.15, -0.1) is 0 Å². The van der Waals surface area contributed by atoms with Crippen molar-refractivity contribution in [3.63, 3.8) is 0 Å². The molecular formula is C6H7ClO2. The van der Waals surface area contributed by atoms with E-state index in [0.717, 1.165) is 0 Å². The molecule has 1 aliphatic carbocycles. The Morgan fingerprint density at radius 2 is 2.11 bits per heavy atom. The molecule has 9 heavy (non-hydrogen) atoms. The SMILES string of the molecule is OC1C=CC=CC1(O)Cl. The van der Waals surface area contributed by atoms with E-state index in [2.05, 4.69) is 0 Å². The highest BCUT2D eigenvalue weighted by atomic mass is 35.5. The molecule has 0 aromatic rings. The molecule has 0 radical (unpaired) electrons. The van der Waals surface area contributed by atoms with Gasteiger partial charge in [0, 0.05) is 0 Å². The van der Waals surface area contributed by atoms with Crippen LogP contribution in [0.4, 0.5) is 0 Å². The molecule has 0 amide bonds. The van der Waals surface area contributed by atoms with E-state index in [-0.39, 0.29) is 0 Å². The van der Waals surface area contributed by atoms with E-state index in [0.29, 0.717) is 0 Å². The Labute approximate surface area is 58.1 Å². The Balaban J connectivity index is 2.78. The lowest BCUT2D eigenvalue weighted by Crippen LogP contribution is -2.33. The van der Waals surface area contributed by atoms with Gasteiger partial charge < -0.3 is 10.2 Å². The molecule has 50 valence electrons. The number of halogens is 1. The van der Waals surface area contributed by atoms with E-state index >= 15 is 0 Å². The van der Waals surface area contributed by atoms with Gasteiger partial charge >= 0.3 is 0 Å². The third-order valence-corrected chi connectivity index (χ3v) is 1.50. The molecule has 3 heteroatoms. The van der Waals surface area contributed by atoms with Crippen LogP contribution in [0.15, 0.2) is 24.3 Å². The van der Waals surface area contributed by atoms with Crippen LogP contribution in [-0.2, 0) is 0 Å². The zero-order valence-corrected chi connectivity index (χ0v) is 5.42. The Bertz CT molecular complexity index is 160. The summed E-state index contributed by atoms with van der Waals surface area (Å²) in [6.07, 6.45) is 4.97. The molecule has 2 unspecified atom stereocenters. The summed E-state index contributed by atoms with van der Waals surface area (Å²) < 4.78 is 0. The van der Waals surface area contributed by atoms with Gasteiger partial charge in [0.1, 0.15) is 6.10 Å². The third-order valence-electron chi connectivity index (χ3n) is 1.15. The van der Waals surface area contributed by atoms with Crippen molar-refractivity contribution >= 4 is 11.6 Å². The molecule has 1 aliphatic rings. The molecule has 0 saturated heterocycles. The van der Waals surface area contributed by atoms with Gasteiger partial charge in [0.15, 0.2) is 5.06 Å². The van der Waals surface area contributed by atoms with E-state index in [4.69, 9.17) is 21.8 Å².